The number of aromatic nitrogens is 1. The van der Waals surface area contributed by atoms with Crippen molar-refractivity contribution >= 4 is 40.4 Å². The van der Waals surface area contributed by atoms with Crippen LogP contribution in [0.15, 0.2) is 41.3 Å². The first kappa shape index (κ1) is 14.2. The molecule has 4 N–H and O–H groups in total. The highest BCUT2D eigenvalue weighted by Crippen LogP contribution is 2.21. The maximum Gasteiger partial charge on any atom is 0.257 e. The fourth-order valence-electron chi connectivity index (χ4n) is 1.58. The number of pyridine rings is 1. The molecule has 0 bridgehead atoms. The molecule has 1 aromatic heterocycles. The molecule has 0 aliphatic rings. The molecule has 0 radical (unpaired) electrons. The molecule has 0 aliphatic carbocycles. The molecule has 0 spiro atoms. The van der Waals surface area contributed by atoms with Crippen LogP contribution in [0.25, 0.3) is 0 Å². The Bertz CT molecular complexity index is 722. The van der Waals surface area contributed by atoms with Gasteiger partial charge in [-0.1, -0.05) is 23.8 Å². The Balaban J connectivity index is 2.32. The number of thiocarbonyl (C=S) groups is 1. The molecule has 2 aromatic rings. The number of nitrogens with one attached hydrogen (secondary N) is 2. The van der Waals surface area contributed by atoms with Crippen LogP contribution in [0.5, 0.6) is 0 Å². The third-order valence-electron chi connectivity index (χ3n) is 2.54. The molecular weight excluding hydrogens is 298 g/mol. The van der Waals surface area contributed by atoms with Crippen molar-refractivity contribution in [3.63, 3.8) is 0 Å². The summed E-state index contributed by atoms with van der Waals surface area (Å²) in [4.78, 5) is 25.6. The van der Waals surface area contributed by atoms with E-state index in [-0.39, 0.29) is 10.5 Å². The van der Waals surface area contributed by atoms with Crippen LogP contribution in [-0.4, -0.2) is 15.9 Å². The average Bonchev–Trinajstić information content (AvgIpc) is 2.39. The number of hydrogen-bond acceptors (Lipinski definition) is 3. The minimum Gasteiger partial charge on any atom is -0.389 e. The van der Waals surface area contributed by atoms with Gasteiger partial charge in [-0.3, -0.25) is 9.59 Å². The molecule has 1 aromatic carbocycles. The second kappa shape index (κ2) is 5.85. The number of H-pyrrole nitrogens is 1. The van der Waals surface area contributed by atoms with E-state index in [2.05, 4.69) is 10.3 Å². The van der Waals surface area contributed by atoms with E-state index in [1.54, 1.807) is 18.2 Å². The second-order valence-corrected chi connectivity index (χ2v) is 4.83. The molecule has 0 saturated heterocycles. The normalized spacial score (nSPS) is 10.1. The summed E-state index contributed by atoms with van der Waals surface area (Å²) in [5, 5.41) is 3.10. The number of benzene rings is 1. The maximum absolute atomic E-state index is 12.1. The van der Waals surface area contributed by atoms with Crippen LogP contribution < -0.4 is 16.6 Å². The Hall–Kier alpha value is -2.18. The number of carbonyl (C=O) groups excluding carboxylic acids is 1. The Kier molecular flexibility index (Phi) is 4.16. The Morgan fingerprint density at radius 3 is 2.65 bits per heavy atom. The van der Waals surface area contributed by atoms with Crippen LogP contribution in [0, 0.1) is 0 Å². The molecule has 0 fully saturated rings. The minimum absolute atomic E-state index is 0.151. The molecule has 0 atom stereocenters. The van der Waals surface area contributed by atoms with Crippen LogP contribution in [0.4, 0.5) is 5.69 Å². The number of halogens is 1. The zero-order valence-corrected chi connectivity index (χ0v) is 11.7. The monoisotopic (exact) mass is 307 g/mol. The summed E-state index contributed by atoms with van der Waals surface area (Å²) in [5.74, 6) is -0.402. The minimum atomic E-state index is -0.402. The molecule has 20 heavy (non-hydrogen) atoms. The molecule has 0 unspecified atom stereocenters. The van der Waals surface area contributed by atoms with E-state index >= 15 is 0 Å². The van der Waals surface area contributed by atoms with Gasteiger partial charge in [-0.05, 0) is 24.3 Å². The standard InChI is InChI=1S/C13H10ClN3O2S/c14-8-2-3-9(12(15)20)10(5-8)17-13(19)7-1-4-11(18)16-6-7/h1-6H,(H2,15,20)(H,16,18)(H,17,19). The van der Waals surface area contributed by atoms with E-state index in [1.807, 2.05) is 0 Å². The first-order chi connectivity index (χ1) is 9.47. The lowest BCUT2D eigenvalue weighted by atomic mass is 10.1. The fourth-order valence-corrected chi connectivity index (χ4v) is 1.93. The smallest absolute Gasteiger partial charge is 0.257 e. The van der Waals surface area contributed by atoms with E-state index in [1.165, 1.54) is 18.3 Å². The highest BCUT2D eigenvalue weighted by molar-refractivity contribution is 7.80. The summed E-state index contributed by atoms with van der Waals surface area (Å²) < 4.78 is 0. The number of nitrogens with two attached hydrogens (primary N) is 1. The largest absolute Gasteiger partial charge is 0.389 e. The Morgan fingerprint density at radius 2 is 2.05 bits per heavy atom. The molecular formula is C13H10ClN3O2S. The van der Waals surface area contributed by atoms with Gasteiger partial charge in [-0.2, -0.15) is 0 Å². The van der Waals surface area contributed by atoms with E-state index in [0.717, 1.165) is 0 Å². The molecule has 0 aliphatic heterocycles. The van der Waals surface area contributed by atoms with Crippen molar-refractivity contribution in [1.82, 2.24) is 4.98 Å². The van der Waals surface area contributed by atoms with Crippen LogP contribution in [0.2, 0.25) is 5.02 Å². The highest BCUT2D eigenvalue weighted by atomic mass is 35.5. The molecule has 102 valence electrons. The zero-order valence-electron chi connectivity index (χ0n) is 10.1. The van der Waals surface area contributed by atoms with Gasteiger partial charge in [0.1, 0.15) is 4.99 Å². The van der Waals surface area contributed by atoms with Crippen LogP contribution in [0.1, 0.15) is 15.9 Å². The van der Waals surface area contributed by atoms with Crippen molar-refractivity contribution in [2.75, 3.05) is 5.32 Å². The van der Waals surface area contributed by atoms with Gasteiger partial charge in [0.2, 0.25) is 5.56 Å². The van der Waals surface area contributed by atoms with Crippen molar-refractivity contribution in [1.29, 1.82) is 0 Å². The fraction of sp³-hybridized carbons (Fsp3) is 0. The lowest BCUT2D eigenvalue weighted by Crippen LogP contribution is -2.18. The summed E-state index contributed by atoms with van der Waals surface area (Å²) >= 11 is 10.8. The van der Waals surface area contributed by atoms with Gasteiger partial charge in [0.15, 0.2) is 0 Å². The van der Waals surface area contributed by atoms with Gasteiger partial charge in [0.25, 0.3) is 5.91 Å². The van der Waals surface area contributed by atoms with E-state index in [0.29, 0.717) is 21.8 Å². The van der Waals surface area contributed by atoms with Gasteiger partial charge < -0.3 is 16.0 Å². The SMILES string of the molecule is NC(=S)c1ccc(Cl)cc1NC(=O)c1ccc(=O)[nH]c1. The lowest BCUT2D eigenvalue weighted by molar-refractivity contribution is 0.102. The summed E-state index contributed by atoms with van der Waals surface area (Å²) in [7, 11) is 0. The van der Waals surface area contributed by atoms with Crippen LogP contribution >= 0.6 is 23.8 Å². The van der Waals surface area contributed by atoms with Gasteiger partial charge >= 0.3 is 0 Å². The van der Waals surface area contributed by atoms with E-state index in [9.17, 15) is 9.59 Å². The maximum atomic E-state index is 12.1. The summed E-state index contributed by atoms with van der Waals surface area (Å²) in [6.45, 7) is 0. The molecule has 1 amide bonds. The van der Waals surface area contributed by atoms with Crippen molar-refractivity contribution < 1.29 is 4.79 Å². The third kappa shape index (κ3) is 3.23. The molecule has 2 rings (SSSR count). The van der Waals surface area contributed by atoms with Gasteiger partial charge in [-0.25, -0.2) is 0 Å². The average molecular weight is 308 g/mol. The predicted molar refractivity (Wildman–Crippen MR) is 82.4 cm³/mol. The highest BCUT2D eigenvalue weighted by Gasteiger charge is 2.11. The Labute approximate surface area is 124 Å². The topological polar surface area (TPSA) is 88.0 Å². The van der Waals surface area contributed by atoms with E-state index < -0.39 is 5.91 Å². The number of hydrogen-bond donors (Lipinski definition) is 3. The van der Waals surface area contributed by atoms with Crippen molar-refractivity contribution in [2.45, 2.75) is 0 Å². The van der Waals surface area contributed by atoms with Crippen LogP contribution in [-0.2, 0) is 0 Å². The first-order valence-electron chi connectivity index (χ1n) is 5.57. The number of carbonyl (C=O) groups is 1. The van der Waals surface area contributed by atoms with Crippen molar-refractivity contribution in [3.8, 4) is 0 Å². The second-order valence-electron chi connectivity index (χ2n) is 3.95. The summed E-state index contributed by atoms with van der Waals surface area (Å²) in [5.41, 5.74) is 6.54. The predicted octanol–water partition coefficient (Wildman–Crippen LogP) is 1.91. The summed E-state index contributed by atoms with van der Waals surface area (Å²) in [6.07, 6.45) is 1.32. The van der Waals surface area contributed by atoms with E-state index in [4.69, 9.17) is 29.6 Å². The zero-order chi connectivity index (χ0) is 14.7. The quantitative estimate of drug-likeness (QED) is 0.756. The Morgan fingerprint density at radius 1 is 1.30 bits per heavy atom. The molecule has 0 saturated carbocycles. The third-order valence-corrected chi connectivity index (χ3v) is 3.00. The van der Waals surface area contributed by atoms with Gasteiger partial charge in [0.05, 0.1) is 11.3 Å². The number of anilines is 1. The lowest BCUT2D eigenvalue weighted by Gasteiger charge is -2.10. The van der Waals surface area contributed by atoms with Crippen molar-refractivity contribution in [2.24, 2.45) is 5.73 Å². The van der Waals surface area contributed by atoms with Gasteiger partial charge in [-0.15, -0.1) is 0 Å². The number of amides is 1. The first-order valence-corrected chi connectivity index (χ1v) is 6.35. The molecule has 1 heterocycles. The van der Waals surface area contributed by atoms with Crippen molar-refractivity contribution in [3.05, 3.63) is 63.0 Å². The van der Waals surface area contributed by atoms with Gasteiger partial charge in [0, 0.05) is 22.8 Å². The van der Waals surface area contributed by atoms with Crippen LogP contribution in [0.3, 0.4) is 0 Å². The summed E-state index contributed by atoms with van der Waals surface area (Å²) in [6, 6.07) is 7.50. The number of rotatable bonds is 3. The number of aromatic amines is 1. The molecule has 5 nitrogen and oxygen atoms in total. The molecule has 7 heteroatoms.